The third-order valence-corrected chi connectivity index (χ3v) is 5.79. The zero-order valence-corrected chi connectivity index (χ0v) is 15.7. The van der Waals surface area contributed by atoms with Gasteiger partial charge in [-0.1, -0.05) is 18.2 Å². The van der Waals surface area contributed by atoms with Gasteiger partial charge in [-0.25, -0.2) is 8.42 Å². The number of nitrogens with one attached hydrogen (secondary N) is 1. The largest absolute Gasteiger partial charge is 0.378 e. The molecule has 0 spiro atoms. The van der Waals surface area contributed by atoms with E-state index >= 15 is 0 Å². The summed E-state index contributed by atoms with van der Waals surface area (Å²) in [6.45, 7) is 6.19. The fourth-order valence-corrected chi connectivity index (χ4v) is 3.93. The average molecular weight is 374 g/mol. The van der Waals surface area contributed by atoms with E-state index in [4.69, 9.17) is 4.74 Å². The number of carbonyl (C=O) groups is 1. The summed E-state index contributed by atoms with van der Waals surface area (Å²) in [7, 11) is -3.73. The van der Waals surface area contributed by atoms with Crippen molar-refractivity contribution in [2.75, 3.05) is 35.9 Å². The highest BCUT2D eigenvalue weighted by Crippen LogP contribution is 2.26. The van der Waals surface area contributed by atoms with E-state index in [0.29, 0.717) is 24.5 Å². The topological polar surface area (TPSA) is 75.7 Å². The molecule has 1 aliphatic rings. The molecule has 1 heterocycles. The first-order chi connectivity index (χ1) is 12.4. The van der Waals surface area contributed by atoms with Crippen LogP contribution in [0.4, 0.5) is 11.4 Å². The van der Waals surface area contributed by atoms with Crippen molar-refractivity contribution in [3.63, 3.8) is 0 Å². The zero-order chi connectivity index (χ0) is 18.7. The van der Waals surface area contributed by atoms with Gasteiger partial charge in [0.2, 0.25) is 0 Å². The molecular formula is C19H22N2O4S. The van der Waals surface area contributed by atoms with Crippen molar-refractivity contribution >= 4 is 27.2 Å². The van der Waals surface area contributed by atoms with Crippen LogP contribution in [0.25, 0.3) is 0 Å². The summed E-state index contributed by atoms with van der Waals surface area (Å²) >= 11 is 0. The van der Waals surface area contributed by atoms with Crippen molar-refractivity contribution in [2.45, 2.75) is 18.7 Å². The minimum absolute atomic E-state index is 0.101. The smallest absolute Gasteiger partial charge is 0.261 e. The highest BCUT2D eigenvalue weighted by Gasteiger charge is 2.18. The van der Waals surface area contributed by atoms with Gasteiger partial charge in [-0.3, -0.25) is 9.52 Å². The summed E-state index contributed by atoms with van der Waals surface area (Å²) in [6.07, 6.45) is 0. The van der Waals surface area contributed by atoms with Crippen LogP contribution in [0.15, 0.2) is 47.4 Å². The third kappa shape index (κ3) is 4.05. The van der Waals surface area contributed by atoms with Gasteiger partial charge in [0.1, 0.15) is 0 Å². The Kier molecular flexibility index (Phi) is 5.29. The molecule has 0 aliphatic carbocycles. The molecule has 1 N–H and O–H groups in total. The molecular weight excluding hydrogens is 352 g/mol. The normalized spacial score (nSPS) is 14.9. The molecule has 0 radical (unpaired) electrons. The summed E-state index contributed by atoms with van der Waals surface area (Å²) in [5, 5.41) is 0. The van der Waals surface area contributed by atoms with Crippen molar-refractivity contribution in [1.29, 1.82) is 0 Å². The van der Waals surface area contributed by atoms with Crippen LogP contribution in [0.3, 0.4) is 0 Å². The Bertz CT molecular complexity index is 902. The van der Waals surface area contributed by atoms with Gasteiger partial charge in [0.15, 0.2) is 5.78 Å². The van der Waals surface area contributed by atoms with Crippen molar-refractivity contribution in [3.05, 3.63) is 53.6 Å². The molecule has 0 atom stereocenters. The van der Waals surface area contributed by atoms with Crippen molar-refractivity contribution in [3.8, 4) is 0 Å². The van der Waals surface area contributed by atoms with Gasteiger partial charge >= 0.3 is 0 Å². The number of rotatable bonds is 5. The number of anilines is 2. The first kappa shape index (κ1) is 18.4. The number of morpholine rings is 1. The Hall–Kier alpha value is -2.38. The Morgan fingerprint density at radius 1 is 1.08 bits per heavy atom. The molecule has 1 saturated heterocycles. The lowest BCUT2D eigenvalue weighted by Gasteiger charge is -2.29. The minimum atomic E-state index is -3.73. The Balaban J connectivity index is 1.85. The molecule has 0 unspecified atom stereocenters. The van der Waals surface area contributed by atoms with E-state index < -0.39 is 10.0 Å². The second kappa shape index (κ2) is 7.47. The van der Waals surface area contributed by atoms with E-state index in [1.807, 2.05) is 25.1 Å². The number of ether oxygens (including phenoxy) is 1. The number of ketones is 1. The Labute approximate surface area is 153 Å². The van der Waals surface area contributed by atoms with Crippen LogP contribution in [0.5, 0.6) is 0 Å². The Morgan fingerprint density at radius 2 is 1.73 bits per heavy atom. The summed E-state index contributed by atoms with van der Waals surface area (Å²) in [5.74, 6) is -0.101. The molecule has 1 aliphatic heterocycles. The molecule has 26 heavy (non-hydrogen) atoms. The van der Waals surface area contributed by atoms with E-state index in [-0.39, 0.29) is 10.7 Å². The number of aryl methyl sites for hydroxylation is 1. The van der Waals surface area contributed by atoms with Crippen molar-refractivity contribution in [1.82, 2.24) is 0 Å². The number of carbonyl (C=O) groups excluding carboxylic acids is 1. The second-order valence-corrected chi connectivity index (χ2v) is 7.97. The average Bonchev–Trinajstić information content (AvgIpc) is 2.64. The quantitative estimate of drug-likeness (QED) is 0.815. The highest BCUT2D eigenvalue weighted by atomic mass is 32.2. The van der Waals surface area contributed by atoms with E-state index in [1.54, 1.807) is 0 Å². The summed E-state index contributed by atoms with van der Waals surface area (Å²) in [6, 6.07) is 11.7. The van der Waals surface area contributed by atoms with Crippen LogP contribution < -0.4 is 9.62 Å². The SMILES string of the molecule is CC(=O)c1ccc(S(=O)(=O)Nc2cc(N3CCOCC3)ccc2C)cc1. The molecule has 2 aromatic carbocycles. The lowest BCUT2D eigenvalue weighted by atomic mass is 10.1. The van der Waals surface area contributed by atoms with Crippen LogP contribution in [-0.2, 0) is 14.8 Å². The maximum Gasteiger partial charge on any atom is 0.261 e. The maximum absolute atomic E-state index is 12.7. The van der Waals surface area contributed by atoms with Gasteiger partial charge in [0.05, 0.1) is 23.8 Å². The number of hydrogen-bond acceptors (Lipinski definition) is 5. The molecule has 6 nitrogen and oxygen atoms in total. The minimum Gasteiger partial charge on any atom is -0.378 e. The lowest BCUT2D eigenvalue weighted by molar-refractivity contribution is 0.101. The number of sulfonamides is 1. The molecule has 1 fully saturated rings. The van der Waals surface area contributed by atoms with Gasteiger partial charge < -0.3 is 9.64 Å². The molecule has 2 aromatic rings. The van der Waals surface area contributed by atoms with Gasteiger partial charge in [-0.15, -0.1) is 0 Å². The predicted molar refractivity (Wildman–Crippen MR) is 101 cm³/mol. The lowest BCUT2D eigenvalue weighted by Crippen LogP contribution is -2.36. The van der Waals surface area contributed by atoms with Crippen molar-refractivity contribution in [2.24, 2.45) is 0 Å². The number of nitrogens with zero attached hydrogens (tertiary/aromatic N) is 1. The molecule has 0 aromatic heterocycles. The number of hydrogen-bond donors (Lipinski definition) is 1. The van der Waals surface area contributed by atoms with E-state index in [1.165, 1.54) is 31.2 Å². The van der Waals surface area contributed by atoms with Crippen LogP contribution in [-0.4, -0.2) is 40.5 Å². The summed E-state index contributed by atoms with van der Waals surface area (Å²) < 4.78 is 33.4. The highest BCUT2D eigenvalue weighted by molar-refractivity contribution is 7.92. The number of Topliss-reactive ketones (excluding diaryl/α,β-unsaturated/α-hetero) is 1. The summed E-state index contributed by atoms with van der Waals surface area (Å²) in [5.41, 5.74) is 2.83. The molecule has 0 amide bonds. The van der Waals surface area contributed by atoms with Gasteiger partial charge in [0, 0.05) is 24.3 Å². The standard InChI is InChI=1S/C19H22N2O4S/c1-14-3-6-17(21-9-11-25-12-10-21)13-19(14)20-26(23,24)18-7-4-16(5-8-18)15(2)22/h3-8,13,20H,9-12H2,1-2H3. The second-order valence-electron chi connectivity index (χ2n) is 6.28. The molecule has 0 bridgehead atoms. The fraction of sp³-hybridized carbons (Fsp3) is 0.316. The molecule has 138 valence electrons. The summed E-state index contributed by atoms with van der Waals surface area (Å²) in [4.78, 5) is 13.6. The van der Waals surface area contributed by atoms with E-state index in [9.17, 15) is 13.2 Å². The van der Waals surface area contributed by atoms with Gasteiger partial charge in [0.25, 0.3) is 10.0 Å². The van der Waals surface area contributed by atoms with E-state index in [0.717, 1.165) is 24.3 Å². The van der Waals surface area contributed by atoms with Crippen molar-refractivity contribution < 1.29 is 17.9 Å². The van der Waals surface area contributed by atoms with Crippen LogP contribution >= 0.6 is 0 Å². The van der Waals surface area contributed by atoms with Crippen LogP contribution in [0, 0.1) is 6.92 Å². The molecule has 3 rings (SSSR count). The monoisotopic (exact) mass is 374 g/mol. The molecule has 7 heteroatoms. The van der Waals surface area contributed by atoms with E-state index in [2.05, 4.69) is 9.62 Å². The first-order valence-electron chi connectivity index (χ1n) is 8.44. The maximum atomic E-state index is 12.7. The Morgan fingerprint density at radius 3 is 2.35 bits per heavy atom. The fourth-order valence-electron chi connectivity index (χ4n) is 2.81. The molecule has 0 saturated carbocycles. The van der Waals surface area contributed by atoms with Crippen LogP contribution in [0.2, 0.25) is 0 Å². The van der Waals surface area contributed by atoms with Gasteiger partial charge in [-0.05, 0) is 43.7 Å². The number of benzene rings is 2. The zero-order valence-electron chi connectivity index (χ0n) is 14.9. The predicted octanol–water partition coefficient (Wildman–Crippen LogP) is 2.84. The van der Waals surface area contributed by atoms with Crippen LogP contribution in [0.1, 0.15) is 22.8 Å². The van der Waals surface area contributed by atoms with Gasteiger partial charge in [-0.2, -0.15) is 0 Å². The third-order valence-electron chi connectivity index (χ3n) is 4.41. The first-order valence-corrected chi connectivity index (χ1v) is 9.92.